The molecule has 0 aromatic heterocycles. The second-order valence-corrected chi connectivity index (χ2v) is 16.9. The topological polar surface area (TPSA) is 180 Å². The Morgan fingerprint density at radius 1 is 0.981 bits per heavy atom. The number of aliphatic hydroxyl groups excluding tert-OH is 3. The minimum absolute atomic E-state index is 0.0305. The van der Waals surface area contributed by atoms with Gasteiger partial charge in [-0.05, 0) is 94.7 Å². The number of cyclic esters (lactones) is 1. The molecule has 0 aromatic carbocycles. The van der Waals surface area contributed by atoms with Gasteiger partial charge in [0.05, 0.1) is 41.5 Å². The Labute approximate surface area is 316 Å². The van der Waals surface area contributed by atoms with Crippen LogP contribution in [-0.2, 0) is 33.2 Å². The van der Waals surface area contributed by atoms with Crippen molar-refractivity contribution in [1.29, 1.82) is 0 Å². The van der Waals surface area contributed by atoms with E-state index >= 15 is 0 Å². The van der Waals surface area contributed by atoms with Crippen LogP contribution < -0.4 is 0 Å². The fourth-order valence-electron chi connectivity index (χ4n) is 8.51. The number of aliphatic hydroxyl groups is 5. The number of methoxy groups -OCH3 is 1. The minimum atomic E-state index is -2.71. The number of ether oxygens (including phenoxy) is 6. The average Bonchev–Trinajstić information content (AvgIpc) is 3.08. The van der Waals surface area contributed by atoms with E-state index in [1.54, 1.807) is 48.5 Å². The number of nitrogens with zero attached hydrogens (tertiary/aromatic N) is 2. The molecular weight excluding hydrogens is 677 g/mol. The smallest absolute Gasteiger partial charge is 0.311 e. The maximum atomic E-state index is 14.3. The predicted molar refractivity (Wildman–Crippen MR) is 194 cm³/mol. The van der Waals surface area contributed by atoms with E-state index in [-0.39, 0.29) is 38.0 Å². The van der Waals surface area contributed by atoms with Crippen LogP contribution in [0.3, 0.4) is 0 Å². The molecule has 306 valence electrons. The lowest BCUT2D eigenvalue weighted by atomic mass is 9.77. The average molecular weight is 753 g/mol. The first-order valence-corrected chi connectivity index (χ1v) is 18.9. The monoisotopic (exact) mass is 753 g/mol. The van der Waals surface area contributed by atoms with E-state index in [1.807, 2.05) is 25.9 Å². The summed E-state index contributed by atoms with van der Waals surface area (Å²) in [7, 11) is 5.16. The summed E-state index contributed by atoms with van der Waals surface area (Å²) in [6.07, 6.45) is -9.99. The van der Waals surface area contributed by atoms with Crippen molar-refractivity contribution in [3.8, 4) is 0 Å². The maximum Gasteiger partial charge on any atom is 0.311 e. The zero-order chi connectivity index (χ0) is 42.2. The Balaban J connectivity index is 2.23. The molecule has 3 saturated heterocycles. The molecule has 0 radical (unpaired) electrons. The van der Waals surface area contributed by atoms with E-state index in [0.29, 0.717) is 6.42 Å². The zero-order valence-electron chi connectivity index (χ0n) is 36.7. The van der Waals surface area contributed by atoms with Gasteiger partial charge in [0, 0.05) is 42.2 Å². The molecule has 3 fully saturated rings. The van der Waals surface area contributed by atoms with Crippen LogP contribution in [0.1, 0.15) is 99.0 Å². The number of carbonyl (C=O) groups excluding carboxylic acids is 1. The van der Waals surface area contributed by atoms with Gasteiger partial charge in [-0.15, -0.1) is 0 Å². The van der Waals surface area contributed by atoms with E-state index in [0.717, 1.165) is 4.90 Å². The van der Waals surface area contributed by atoms with Crippen LogP contribution in [-0.4, -0.2) is 166 Å². The van der Waals surface area contributed by atoms with E-state index in [9.17, 15) is 30.3 Å². The molecule has 52 heavy (non-hydrogen) atoms. The van der Waals surface area contributed by atoms with Gasteiger partial charge in [0.1, 0.15) is 30.0 Å². The summed E-state index contributed by atoms with van der Waals surface area (Å²) in [5.74, 6) is -3.31. The normalized spacial score (nSPS) is 50.7. The molecule has 18 atom stereocenters. The third-order valence-electron chi connectivity index (χ3n) is 11.9. The Morgan fingerprint density at radius 3 is 2.17 bits per heavy atom. The molecule has 3 heterocycles. The van der Waals surface area contributed by atoms with Gasteiger partial charge in [-0.1, -0.05) is 20.8 Å². The molecule has 0 saturated carbocycles. The fraction of sp³-hybridized carbons (Fsp3) is 0.974. The highest BCUT2D eigenvalue weighted by Crippen LogP contribution is 2.40. The van der Waals surface area contributed by atoms with Crippen molar-refractivity contribution < 1.29 is 62.9 Å². The van der Waals surface area contributed by atoms with Gasteiger partial charge in [-0.2, -0.15) is 0 Å². The second-order valence-electron chi connectivity index (χ2n) is 16.9. The van der Waals surface area contributed by atoms with Gasteiger partial charge >= 0.3 is 5.97 Å². The minimum Gasteiger partial charge on any atom is -0.459 e. The molecule has 5 N–H and O–H groups in total. The summed E-state index contributed by atoms with van der Waals surface area (Å²) in [6, 6.07) is -1.48. The SMILES string of the molecule is [2H][13C]([2H])([2H])N1C[C@H](C)CC(C)(O)[C@H](O[C@@H]2O[C@H](C)C[C@H](N(C)C)[C@H]2O)[C@@H](C)[C@H](O[C@H]2C[C@@](C)(OC)[C@@H](O)[C@H](C)O2)[C@@H](C)C(=O)O[C@H](CC)[C@@](C)(O)[C@H](O)[C@H]1C. The standard InChI is InChI=1S/C38H72N2O12/c1-15-27-38(10,46)31(42)24(6)40(13)19-20(2)17-36(8,45)33(52-35-29(41)26(39(11)12)16-21(3)48-35)22(4)30(23(5)34(44)50-27)51-28-18-37(9,47-14)32(43)25(7)49-28/h20-33,35,41-43,45-46H,15-19H2,1-14H3/t20-,21-,22+,23-,24-,25+,26+,27-,28+,29-,30+,31-,32+,33-,35+,36?,37-,38-/m1/s1/i13+1D3. The van der Waals surface area contributed by atoms with E-state index in [4.69, 9.17) is 32.5 Å². The third kappa shape index (κ3) is 10.0. The Kier molecular flexibility index (Phi) is 14.0. The summed E-state index contributed by atoms with van der Waals surface area (Å²) < 4.78 is 62.4. The molecule has 0 amide bonds. The molecule has 0 bridgehead atoms. The van der Waals surface area contributed by atoms with Crippen molar-refractivity contribution in [1.82, 2.24) is 9.80 Å². The first-order chi connectivity index (χ1) is 25.1. The van der Waals surface area contributed by atoms with Crippen molar-refractivity contribution in [2.75, 3.05) is 34.7 Å². The largest absolute Gasteiger partial charge is 0.459 e. The number of likely N-dealkylation sites (N-methyl/N-ethyl adjacent to an activating group) is 2. The van der Waals surface area contributed by atoms with E-state index in [1.165, 1.54) is 21.0 Å². The summed E-state index contributed by atoms with van der Waals surface area (Å²) in [5, 5.41) is 58.4. The summed E-state index contributed by atoms with van der Waals surface area (Å²) in [4.78, 5) is 17.3. The predicted octanol–water partition coefficient (Wildman–Crippen LogP) is 1.90. The molecule has 0 aliphatic carbocycles. The highest BCUT2D eigenvalue weighted by atomic mass is 16.7. The van der Waals surface area contributed by atoms with Crippen molar-refractivity contribution in [3.63, 3.8) is 0 Å². The van der Waals surface area contributed by atoms with Crippen LogP contribution in [0.2, 0.25) is 0 Å². The summed E-state index contributed by atoms with van der Waals surface area (Å²) in [5.41, 5.74) is -4.92. The van der Waals surface area contributed by atoms with Gasteiger partial charge < -0.3 is 63.8 Å². The van der Waals surface area contributed by atoms with Crippen LogP contribution in [0.5, 0.6) is 0 Å². The molecule has 14 nitrogen and oxygen atoms in total. The highest BCUT2D eigenvalue weighted by molar-refractivity contribution is 5.73. The number of carbonyl (C=O) groups is 1. The van der Waals surface area contributed by atoms with Crippen molar-refractivity contribution in [2.24, 2.45) is 17.8 Å². The van der Waals surface area contributed by atoms with Crippen LogP contribution in [0.25, 0.3) is 0 Å². The highest BCUT2D eigenvalue weighted by Gasteiger charge is 2.52. The van der Waals surface area contributed by atoms with Gasteiger partial charge in [0.15, 0.2) is 12.6 Å². The van der Waals surface area contributed by atoms with Crippen molar-refractivity contribution in [3.05, 3.63) is 0 Å². The van der Waals surface area contributed by atoms with Gasteiger partial charge in [-0.25, -0.2) is 0 Å². The number of rotatable bonds is 7. The molecule has 0 spiro atoms. The van der Waals surface area contributed by atoms with Crippen molar-refractivity contribution >= 4 is 5.97 Å². The van der Waals surface area contributed by atoms with Crippen LogP contribution in [0.15, 0.2) is 0 Å². The molecule has 0 aromatic rings. The van der Waals surface area contributed by atoms with E-state index < -0.39 is 109 Å². The Morgan fingerprint density at radius 2 is 1.62 bits per heavy atom. The molecule has 3 aliphatic heterocycles. The molecule has 1 unspecified atom stereocenters. The first kappa shape index (κ1) is 40.6. The van der Waals surface area contributed by atoms with Crippen LogP contribution in [0.4, 0.5) is 0 Å². The summed E-state index contributed by atoms with van der Waals surface area (Å²) in [6.45, 7) is 13.6. The lowest BCUT2D eigenvalue weighted by Gasteiger charge is -2.48. The van der Waals surface area contributed by atoms with Crippen molar-refractivity contribution in [2.45, 2.75) is 185 Å². The lowest BCUT2D eigenvalue weighted by molar-refractivity contribution is -0.318. The lowest BCUT2D eigenvalue weighted by Crippen LogP contribution is -2.60. The Bertz CT molecular complexity index is 1250. The molecule has 3 rings (SSSR count). The molecule has 14 heteroatoms. The number of hydrogen-bond donors (Lipinski definition) is 5. The first-order valence-electron chi connectivity index (χ1n) is 20.4. The second kappa shape index (κ2) is 17.8. The number of hydrogen-bond acceptors (Lipinski definition) is 14. The maximum absolute atomic E-state index is 14.3. The third-order valence-corrected chi connectivity index (χ3v) is 11.9. The molecular formula is C38H72N2O12. The quantitative estimate of drug-likeness (QED) is 0.188. The zero-order valence-corrected chi connectivity index (χ0v) is 33.7. The Hall–Kier alpha value is -1.01. The summed E-state index contributed by atoms with van der Waals surface area (Å²) >= 11 is 0. The fourth-order valence-corrected chi connectivity index (χ4v) is 8.51. The molecule has 3 aliphatic rings. The van der Waals surface area contributed by atoms with Gasteiger partial charge in [0.25, 0.3) is 0 Å². The van der Waals surface area contributed by atoms with Gasteiger partial charge in [0.2, 0.25) is 0 Å². The van der Waals surface area contributed by atoms with Crippen LogP contribution >= 0.6 is 0 Å². The number of esters is 1. The van der Waals surface area contributed by atoms with Crippen LogP contribution in [0, 0.1) is 17.8 Å². The van der Waals surface area contributed by atoms with E-state index in [2.05, 4.69) is 0 Å². The van der Waals surface area contributed by atoms with Gasteiger partial charge in [-0.3, -0.25) is 4.79 Å².